The monoisotopic (exact) mass is 283 g/mol. The van der Waals surface area contributed by atoms with Gasteiger partial charge < -0.3 is 5.11 Å². The third kappa shape index (κ3) is 2.58. The average molecular weight is 283 g/mol. The van der Waals surface area contributed by atoms with Crippen LogP contribution in [0.3, 0.4) is 0 Å². The molecular weight excluding hydrogens is 266 g/mol. The fraction of sp³-hybridized carbons (Fsp3) is 0.176. The van der Waals surface area contributed by atoms with E-state index in [1.807, 2.05) is 37.3 Å². The van der Waals surface area contributed by atoms with Crippen molar-refractivity contribution in [2.45, 2.75) is 13.0 Å². The number of amides is 2. The number of imide groups is 1. The number of hydrogen-bond acceptors (Lipinski definition) is 3. The Morgan fingerprint density at radius 2 is 1.24 bits per heavy atom. The Balaban J connectivity index is 0.000000774. The average Bonchev–Trinajstić information content (AvgIpc) is 2.81. The number of nitrogens with zero attached hydrogens (tertiary/aromatic N) is 1. The first-order chi connectivity index (χ1) is 10.2. The third-order valence-electron chi connectivity index (χ3n) is 3.49. The van der Waals surface area contributed by atoms with E-state index < -0.39 is 0 Å². The van der Waals surface area contributed by atoms with Crippen LogP contribution in [0.15, 0.2) is 54.6 Å². The summed E-state index contributed by atoms with van der Waals surface area (Å²) in [6.07, 6.45) is 0. The molecule has 0 spiro atoms. The van der Waals surface area contributed by atoms with Gasteiger partial charge in [0.15, 0.2) is 0 Å². The van der Waals surface area contributed by atoms with Crippen molar-refractivity contribution in [1.29, 1.82) is 0 Å². The highest BCUT2D eigenvalue weighted by molar-refractivity contribution is 6.21. The summed E-state index contributed by atoms with van der Waals surface area (Å²) < 4.78 is 0. The van der Waals surface area contributed by atoms with Crippen LogP contribution in [-0.2, 0) is 0 Å². The van der Waals surface area contributed by atoms with Crippen LogP contribution in [0.25, 0.3) is 0 Å². The topological polar surface area (TPSA) is 57.6 Å². The number of rotatable bonds is 2. The molecule has 2 amide bonds. The van der Waals surface area contributed by atoms with Crippen LogP contribution in [0.4, 0.5) is 0 Å². The Hall–Kier alpha value is -2.46. The highest BCUT2D eigenvalue weighted by Crippen LogP contribution is 2.30. The molecule has 1 N–H and O–H groups in total. The molecule has 0 saturated carbocycles. The molecule has 0 saturated heterocycles. The van der Waals surface area contributed by atoms with Crippen LogP contribution in [-0.4, -0.2) is 28.9 Å². The zero-order chi connectivity index (χ0) is 15.4. The lowest BCUT2D eigenvalue weighted by molar-refractivity contribution is 0.0595. The number of aliphatic hydroxyl groups is 1. The maximum atomic E-state index is 12.3. The summed E-state index contributed by atoms with van der Waals surface area (Å²) in [5.74, 6) is -0.422. The van der Waals surface area contributed by atoms with Gasteiger partial charge in [0.2, 0.25) is 0 Å². The van der Waals surface area contributed by atoms with Gasteiger partial charge in [0.25, 0.3) is 11.8 Å². The largest absolute Gasteiger partial charge is 0.400 e. The summed E-state index contributed by atoms with van der Waals surface area (Å²) in [6.45, 7) is 1.87. The Bertz CT molecular complexity index is 617. The normalized spacial score (nSPS) is 14.3. The second-order valence-corrected chi connectivity index (χ2v) is 4.61. The summed E-state index contributed by atoms with van der Waals surface area (Å²) >= 11 is 0. The first-order valence-electron chi connectivity index (χ1n) is 6.66. The van der Waals surface area contributed by atoms with Crippen LogP contribution in [0.5, 0.6) is 0 Å². The standard InChI is InChI=1S/C16H13NO2.CH4O/c1-11(12-7-3-2-4-8-12)17-15(18)13-9-5-6-10-14(13)16(17)19;1-2/h2-11H,1H3;2H,1H3. The lowest BCUT2D eigenvalue weighted by Gasteiger charge is -2.22. The van der Waals surface area contributed by atoms with Gasteiger partial charge in [0, 0.05) is 7.11 Å². The van der Waals surface area contributed by atoms with Crippen molar-refractivity contribution in [2.75, 3.05) is 7.11 Å². The third-order valence-corrected chi connectivity index (χ3v) is 3.49. The lowest BCUT2D eigenvalue weighted by Crippen LogP contribution is -2.32. The first-order valence-corrected chi connectivity index (χ1v) is 6.66. The van der Waals surface area contributed by atoms with Gasteiger partial charge in [-0.1, -0.05) is 42.5 Å². The smallest absolute Gasteiger partial charge is 0.262 e. The molecule has 1 atom stereocenters. The van der Waals surface area contributed by atoms with Crippen molar-refractivity contribution in [3.63, 3.8) is 0 Å². The Kier molecular flexibility index (Phi) is 4.50. The molecule has 0 fully saturated rings. The summed E-state index contributed by atoms with van der Waals surface area (Å²) in [5, 5.41) is 7.00. The Morgan fingerprint density at radius 1 is 0.810 bits per heavy atom. The Labute approximate surface area is 123 Å². The molecule has 3 rings (SSSR count). The van der Waals surface area contributed by atoms with Crippen molar-refractivity contribution in [3.05, 3.63) is 71.3 Å². The first kappa shape index (κ1) is 14.9. The second kappa shape index (κ2) is 6.33. The van der Waals surface area contributed by atoms with Crippen molar-refractivity contribution < 1.29 is 14.7 Å². The molecule has 1 aliphatic rings. The van der Waals surface area contributed by atoms with Gasteiger partial charge in [0.1, 0.15) is 0 Å². The molecule has 1 heterocycles. The molecule has 0 bridgehead atoms. The summed E-state index contributed by atoms with van der Waals surface area (Å²) in [7, 11) is 1.00. The maximum Gasteiger partial charge on any atom is 0.262 e. The molecule has 108 valence electrons. The molecule has 2 aromatic rings. The van der Waals surface area contributed by atoms with Crippen molar-refractivity contribution >= 4 is 11.8 Å². The minimum absolute atomic E-state index is 0.211. The minimum atomic E-state index is -0.256. The SMILES string of the molecule is CC(c1ccccc1)N1C(=O)c2ccccc2C1=O.CO. The van der Waals surface area contributed by atoms with Crippen molar-refractivity contribution in [3.8, 4) is 0 Å². The molecule has 21 heavy (non-hydrogen) atoms. The molecule has 1 aliphatic heterocycles. The number of carbonyl (C=O) groups excluding carboxylic acids is 2. The van der Waals surface area contributed by atoms with E-state index in [9.17, 15) is 9.59 Å². The second-order valence-electron chi connectivity index (χ2n) is 4.61. The van der Waals surface area contributed by atoms with Gasteiger partial charge in [-0.3, -0.25) is 14.5 Å². The predicted octanol–water partition coefficient (Wildman–Crippen LogP) is 2.65. The van der Waals surface area contributed by atoms with E-state index in [2.05, 4.69) is 0 Å². The molecule has 0 aromatic heterocycles. The zero-order valence-electron chi connectivity index (χ0n) is 12.0. The van der Waals surface area contributed by atoms with Crippen LogP contribution in [0.1, 0.15) is 39.2 Å². The molecule has 4 nitrogen and oxygen atoms in total. The number of carbonyl (C=O) groups is 2. The zero-order valence-corrected chi connectivity index (χ0v) is 12.0. The van der Waals surface area contributed by atoms with Gasteiger partial charge in [-0.05, 0) is 24.6 Å². The van der Waals surface area contributed by atoms with Gasteiger partial charge in [0.05, 0.1) is 17.2 Å². The Morgan fingerprint density at radius 3 is 1.71 bits per heavy atom. The lowest BCUT2D eigenvalue weighted by atomic mass is 10.1. The van der Waals surface area contributed by atoms with Crippen LogP contribution in [0.2, 0.25) is 0 Å². The molecule has 1 unspecified atom stereocenters. The van der Waals surface area contributed by atoms with Crippen LogP contribution < -0.4 is 0 Å². The van der Waals surface area contributed by atoms with E-state index in [0.29, 0.717) is 11.1 Å². The van der Waals surface area contributed by atoms with Crippen LogP contribution in [0, 0.1) is 0 Å². The van der Waals surface area contributed by atoms with E-state index in [-0.39, 0.29) is 17.9 Å². The van der Waals surface area contributed by atoms with E-state index in [1.165, 1.54) is 4.90 Å². The van der Waals surface area contributed by atoms with Gasteiger partial charge in [-0.15, -0.1) is 0 Å². The van der Waals surface area contributed by atoms with E-state index in [0.717, 1.165) is 12.7 Å². The van der Waals surface area contributed by atoms with Gasteiger partial charge >= 0.3 is 0 Å². The van der Waals surface area contributed by atoms with Crippen molar-refractivity contribution in [2.24, 2.45) is 0 Å². The van der Waals surface area contributed by atoms with E-state index in [1.54, 1.807) is 24.3 Å². The fourth-order valence-electron chi connectivity index (χ4n) is 2.44. The summed E-state index contributed by atoms with van der Waals surface area (Å²) in [5.41, 5.74) is 1.95. The predicted molar refractivity (Wildman–Crippen MR) is 79.9 cm³/mol. The molecule has 2 aromatic carbocycles. The van der Waals surface area contributed by atoms with E-state index >= 15 is 0 Å². The highest BCUT2D eigenvalue weighted by Gasteiger charge is 2.38. The molecule has 4 heteroatoms. The number of hydrogen-bond donors (Lipinski definition) is 1. The summed E-state index contributed by atoms with van der Waals surface area (Å²) in [6, 6.07) is 16.3. The minimum Gasteiger partial charge on any atom is -0.400 e. The van der Waals surface area contributed by atoms with Gasteiger partial charge in [-0.25, -0.2) is 0 Å². The summed E-state index contributed by atoms with van der Waals surface area (Å²) in [4.78, 5) is 26.0. The number of benzene rings is 2. The van der Waals surface area contributed by atoms with Crippen LogP contribution >= 0.6 is 0 Å². The molecular formula is C17H17NO3. The molecule has 0 radical (unpaired) electrons. The quantitative estimate of drug-likeness (QED) is 0.862. The molecule has 0 aliphatic carbocycles. The van der Waals surface area contributed by atoms with Crippen molar-refractivity contribution in [1.82, 2.24) is 4.90 Å². The number of fused-ring (bicyclic) bond motifs is 1. The highest BCUT2D eigenvalue weighted by atomic mass is 16.2. The van der Waals surface area contributed by atoms with Gasteiger partial charge in [-0.2, -0.15) is 0 Å². The van der Waals surface area contributed by atoms with E-state index in [4.69, 9.17) is 5.11 Å². The fourth-order valence-corrected chi connectivity index (χ4v) is 2.44. The number of aliphatic hydroxyl groups excluding tert-OH is 1. The maximum absolute atomic E-state index is 12.3.